The summed E-state index contributed by atoms with van der Waals surface area (Å²) in [4.78, 5) is 32.7. The van der Waals surface area contributed by atoms with Gasteiger partial charge in [-0.15, -0.1) is 5.10 Å². The Balaban J connectivity index is 1.54. The molecule has 0 aliphatic heterocycles. The van der Waals surface area contributed by atoms with E-state index in [0.717, 1.165) is 6.20 Å². The number of halogens is 8. The monoisotopic (exact) mass is 609 g/mol. The van der Waals surface area contributed by atoms with Gasteiger partial charge in [0, 0.05) is 19.3 Å². The first kappa shape index (κ1) is 31.2. The molecule has 0 spiro atoms. The molecule has 1 saturated carbocycles. The largest absolute Gasteiger partial charge is 0.409 e. The van der Waals surface area contributed by atoms with Gasteiger partial charge in [0.1, 0.15) is 5.82 Å². The quantitative estimate of drug-likeness (QED) is 0.276. The molecule has 2 atom stereocenters. The number of fused-ring (bicyclic) bond motifs is 1. The number of H-pyrrole nitrogens is 1. The molecule has 1 aromatic carbocycles. The van der Waals surface area contributed by atoms with E-state index in [2.05, 4.69) is 30.8 Å². The number of nitrogens with zero attached hydrogens (tertiary/aromatic N) is 4. The van der Waals surface area contributed by atoms with Crippen LogP contribution in [0.1, 0.15) is 79.4 Å². The molecular formula is C25H27F8N7O2. The van der Waals surface area contributed by atoms with Crippen molar-refractivity contribution < 1.29 is 44.7 Å². The van der Waals surface area contributed by atoms with Crippen LogP contribution in [0.3, 0.4) is 0 Å². The lowest BCUT2D eigenvalue weighted by Crippen LogP contribution is -2.38. The highest BCUT2D eigenvalue weighted by Gasteiger charge is 2.40. The number of hydrogen-bond donors (Lipinski definition) is 3. The maximum absolute atomic E-state index is 13.9. The molecule has 9 nitrogen and oxygen atoms in total. The van der Waals surface area contributed by atoms with E-state index in [1.165, 1.54) is 0 Å². The number of hydrogen-bond acceptors (Lipinski definition) is 5. The van der Waals surface area contributed by atoms with Crippen LogP contribution in [0.2, 0.25) is 0 Å². The molecule has 0 unspecified atom stereocenters. The number of rotatable bonds is 9. The first-order valence-electron chi connectivity index (χ1n) is 13.0. The van der Waals surface area contributed by atoms with Crippen LogP contribution < -0.4 is 10.6 Å². The molecule has 3 N–H and O–H groups in total. The van der Waals surface area contributed by atoms with Gasteiger partial charge in [-0.05, 0) is 43.4 Å². The van der Waals surface area contributed by atoms with Crippen molar-refractivity contribution in [1.29, 1.82) is 0 Å². The number of nitrogens with one attached hydrogen (secondary N) is 3. The van der Waals surface area contributed by atoms with Gasteiger partial charge in [-0.1, -0.05) is 6.07 Å². The van der Waals surface area contributed by atoms with Crippen LogP contribution in [-0.4, -0.2) is 55.1 Å². The molecule has 4 rings (SSSR count). The number of aromatic amines is 1. The summed E-state index contributed by atoms with van der Waals surface area (Å²) in [6.45, 7) is 0.0790. The van der Waals surface area contributed by atoms with Gasteiger partial charge in [0.25, 0.3) is 5.91 Å². The van der Waals surface area contributed by atoms with Crippen molar-refractivity contribution in [3.63, 3.8) is 0 Å². The molecule has 1 aliphatic rings. The molecule has 0 bridgehead atoms. The topological polar surface area (TPSA) is 118 Å². The van der Waals surface area contributed by atoms with E-state index in [1.807, 2.05) is 0 Å². The van der Waals surface area contributed by atoms with Crippen molar-refractivity contribution in [2.24, 2.45) is 5.92 Å². The first-order valence-corrected chi connectivity index (χ1v) is 13.0. The Morgan fingerprint density at radius 2 is 1.79 bits per heavy atom. The summed E-state index contributed by atoms with van der Waals surface area (Å²) in [5.41, 5.74) is 0.993. The third kappa shape index (κ3) is 8.38. The fourth-order valence-electron chi connectivity index (χ4n) is 4.77. The van der Waals surface area contributed by atoms with E-state index in [0.29, 0.717) is 21.4 Å². The molecule has 230 valence electrons. The highest BCUT2D eigenvalue weighted by Crippen LogP contribution is 2.41. The van der Waals surface area contributed by atoms with Gasteiger partial charge in [-0.25, -0.2) is 13.8 Å². The van der Waals surface area contributed by atoms with Gasteiger partial charge in [0.2, 0.25) is 11.8 Å². The molecule has 0 radical (unpaired) electrons. The fraction of sp³-hybridized carbons (Fsp3) is 0.560. The Morgan fingerprint density at radius 3 is 2.43 bits per heavy atom. The third-order valence-electron chi connectivity index (χ3n) is 6.94. The SMILES string of the molecule is C[C@@H](NC(=O)CCC(F)(F)F)c1ccc2nc([C@@H](NC(=O)c3cnn(CC(F)(F)F)n3)C3CCC(F)(F)CC3)[nH]c2c1. The van der Waals surface area contributed by atoms with Crippen molar-refractivity contribution in [3.05, 3.63) is 41.5 Å². The molecule has 2 amide bonds. The zero-order valence-corrected chi connectivity index (χ0v) is 22.1. The number of amides is 2. The zero-order valence-electron chi connectivity index (χ0n) is 22.1. The molecule has 2 aromatic heterocycles. The second-order valence-corrected chi connectivity index (χ2v) is 10.3. The van der Waals surface area contributed by atoms with Gasteiger partial charge in [-0.3, -0.25) is 9.59 Å². The minimum absolute atomic E-state index is 0.0298. The Labute approximate surface area is 233 Å². The summed E-state index contributed by atoms with van der Waals surface area (Å²) < 4.78 is 103. The molecule has 3 aromatic rings. The van der Waals surface area contributed by atoms with Gasteiger partial charge < -0.3 is 15.6 Å². The van der Waals surface area contributed by atoms with E-state index in [9.17, 15) is 44.7 Å². The van der Waals surface area contributed by atoms with Crippen LogP contribution in [0.25, 0.3) is 11.0 Å². The fourth-order valence-corrected chi connectivity index (χ4v) is 4.77. The summed E-state index contributed by atoms with van der Waals surface area (Å²) in [7, 11) is 0. The number of aromatic nitrogens is 5. The Morgan fingerprint density at radius 1 is 1.10 bits per heavy atom. The smallest absolute Gasteiger partial charge is 0.350 e. The summed E-state index contributed by atoms with van der Waals surface area (Å²) in [5, 5.41) is 12.2. The zero-order chi connectivity index (χ0) is 30.9. The molecule has 1 aliphatic carbocycles. The first-order chi connectivity index (χ1) is 19.5. The Hall–Kier alpha value is -3.79. The minimum Gasteiger partial charge on any atom is -0.350 e. The number of imidazole rings is 1. The predicted octanol–water partition coefficient (Wildman–Crippen LogP) is 5.53. The lowest BCUT2D eigenvalue weighted by atomic mass is 9.81. The standard InChI is InChI=1S/C25H27F8N7O2/c1-13(35-19(41)6-9-24(28,29)30)15-2-3-16-17(10-15)37-21(36-16)20(14-4-7-23(26,27)8-5-14)38-22(42)18-11-34-40(39-18)12-25(31,32)33/h2-3,10-11,13-14,20H,4-9,12H2,1H3,(H,35,41)(H,36,37)(H,38,42)/t13-,20+/m1/s1. The van der Waals surface area contributed by atoms with Crippen LogP contribution in [0.15, 0.2) is 24.4 Å². The van der Waals surface area contributed by atoms with E-state index < -0.39 is 86.0 Å². The van der Waals surface area contributed by atoms with E-state index in [1.54, 1.807) is 25.1 Å². The van der Waals surface area contributed by atoms with Gasteiger partial charge in [0.15, 0.2) is 12.2 Å². The van der Waals surface area contributed by atoms with Crippen molar-refractivity contribution >= 4 is 22.8 Å². The van der Waals surface area contributed by atoms with Gasteiger partial charge in [-0.2, -0.15) is 36.2 Å². The number of carbonyl (C=O) groups excluding carboxylic acids is 2. The molecule has 1 fully saturated rings. The lowest BCUT2D eigenvalue weighted by molar-refractivity contribution is -0.145. The highest BCUT2D eigenvalue weighted by molar-refractivity contribution is 5.92. The van der Waals surface area contributed by atoms with E-state index in [-0.39, 0.29) is 18.7 Å². The lowest BCUT2D eigenvalue weighted by Gasteiger charge is -2.33. The average molecular weight is 610 g/mol. The maximum atomic E-state index is 13.9. The number of benzene rings is 1. The van der Waals surface area contributed by atoms with Gasteiger partial charge in [0.05, 0.1) is 35.7 Å². The molecule has 2 heterocycles. The molecule has 17 heteroatoms. The highest BCUT2D eigenvalue weighted by atomic mass is 19.4. The minimum atomic E-state index is -4.61. The number of alkyl halides is 8. The van der Waals surface area contributed by atoms with Crippen LogP contribution in [-0.2, 0) is 11.3 Å². The van der Waals surface area contributed by atoms with Crippen molar-refractivity contribution in [3.8, 4) is 0 Å². The second-order valence-electron chi connectivity index (χ2n) is 10.3. The maximum Gasteiger partial charge on any atom is 0.409 e. The predicted molar refractivity (Wildman–Crippen MR) is 131 cm³/mol. The summed E-state index contributed by atoms with van der Waals surface area (Å²) in [6, 6.07) is 3.21. The Bertz CT molecular complexity index is 1410. The Kier molecular flexibility index (Phi) is 8.78. The summed E-state index contributed by atoms with van der Waals surface area (Å²) >= 11 is 0. The normalized spacial score (nSPS) is 17.6. The van der Waals surface area contributed by atoms with Crippen LogP contribution >= 0.6 is 0 Å². The van der Waals surface area contributed by atoms with Crippen LogP contribution in [0, 0.1) is 5.92 Å². The third-order valence-corrected chi connectivity index (χ3v) is 6.94. The van der Waals surface area contributed by atoms with Crippen molar-refractivity contribution in [2.75, 3.05) is 0 Å². The van der Waals surface area contributed by atoms with Crippen molar-refractivity contribution in [2.45, 2.75) is 82.4 Å². The van der Waals surface area contributed by atoms with Crippen LogP contribution in [0.4, 0.5) is 35.1 Å². The summed E-state index contributed by atoms with van der Waals surface area (Å²) in [6.07, 6.45) is -11.0. The molecule has 0 saturated heterocycles. The number of carbonyl (C=O) groups is 2. The average Bonchev–Trinajstić information content (AvgIpc) is 3.51. The van der Waals surface area contributed by atoms with E-state index in [4.69, 9.17) is 0 Å². The van der Waals surface area contributed by atoms with Gasteiger partial charge >= 0.3 is 12.4 Å². The van der Waals surface area contributed by atoms with Crippen LogP contribution in [0.5, 0.6) is 0 Å². The molecule has 42 heavy (non-hydrogen) atoms. The second kappa shape index (κ2) is 11.8. The summed E-state index contributed by atoms with van der Waals surface area (Å²) in [5.74, 6) is -4.81. The van der Waals surface area contributed by atoms with Crippen molar-refractivity contribution in [1.82, 2.24) is 35.6 Å². The molecular weight excluding hydrogens is 582 g/mol. The van der Waals surface area contributed by atoms with E-state index >= 15 is 0 Å².